The molecule has 0 aromatic carbocycles. The van der Waals surface area contributed by atoms with Crippen molar-refractivity contribution in [1.29, 1.82) is 0 Å². The lowest BCUT2D eigenvalue weighted by atomic mass is 9.98. The molecule has 1 aliphatic heterocycles. The molecule has 1 aliphatic rings. The maximum Gasteiger partial charge on any atom is 0.245 e. The number of amides is 1. The van der Waals surface area contributed by atoms with Crippen LogP contribution in [0.25, 0.3) is 0 Å². The Labute approximate surface area is 99.6 Å². The van der Waals surface area contributed by atoms with Gasteiger partial charge >= 0.3 is 0 Å². The molecule has 1 fully saturated rings. The number of aromatic nitrogens is 1. The SMILES string of the molecule is CC1(C)C(=O)NCCN1c1ccnc(Cl)c1. The summed E-state index contributed by atoms with van der Waals surface area (Å²) >= 11 is 5.86. The standard InChI is InChI=1S/C11H14ClN3O/c1-11(2)10(16)14-5-6-15(11)8-3-4-13-9(12)7-8/h3-4,7H,5-6H2,1-2H3,(H,14,16). The fraction of sp³-hybridized carbons (Fsp3) is 0.455. The zero-order chi connectivity index (χ0) is 11.8. The van der Waals surface area contributed by atoms with E-state index in [1.807, 2.05) is 24.8 Å². The number of hydrogen-bond acceptors (Lipinski definition) is 3. The fourth-order valence-electron chi connectivity index (χ4n) is 1.91. The summed E-state index contributed by atoms with van der Waals surface area (Å²) in [6, 6.07) is 3.65. The van der Waals surface area contributed by atoms with Gasteiger partial charge in [-0.05, 0) is 26.0 Å². The van der Waals surface area contributed by atoms with Crippen LogP contribution in [0.4, 0.5) is 5.69 Å². The van der Waals surface area contributed by atoms with Crippen molar-refractivity contribution in [3.05, 3.63) is 23.5 Å². The van der Waals surface area contributed by atoms with Gasteiger partial charge in [0.1, 0.15) is 10.7 Å². The summed E-state index contributed by atoms with van der Waals surface area (Å²) in [5.74, 6) is 0.0340. The number of nitrogens with zero attached hydrogens (tertiary/aromatic N) is 2. The second kappa shape index (κ2) is 3.94. The number of rotatable bonds is 1. The van der Waals surface area contributed by atoms with Gasteiger partial charge in [0.15, 0.2) is 0 Å². The van der Waals surface area contributed by atoms with Crippen molar-refractivity contribution in [2.24, 2.45) is 0 Å². The van der Waals surface area contributed by atoms with Gasteiger partial charge in [-0.3, -0.25) is 4.79 Å². The smallest absolute Gasteiger partial charge is 0.245 e. The Hall–Kier alpha value is -1.29. The van der Waals surface area contributed by atoms with Crippen molar-refractivity contribution < 1.29 is 4.79 Å². The Bertz CT molecular complexity index is 419. The number of hydrogen-bond donors (Lipinski definition) is 1. The molecule has 0 saturated carbocycles. The maximum atomic E-state index is 11.8. The molecule has 0 radical (unpaired) electrons. The normalized spacial score (nSPS) is 19.4. The van der Waals surface area contributed by atoms with Gasteiger partial charge in [-0.1, -0.05) is 11.6 Å². The van der Waals surface area contributed by atoms with Crippen LogP contribution in [0.15, 0.2) is 18.3 Å². The van der Waals surface area contributed by atoms with E-state index in [2.05, 4.69) is 10.3 Å². The Morgan fingerprint density at radius 1 is 1.56 bits per heavy atom. The molecule has 2 rings (SSSR count). The van der Waals surface area contributed by atoms with Crippen LogP contribution in [-0.2, 0) is 4.79 Å². The highest BCUT2D eigenvalue weighted by molar-refractivity contribution is 6.29. The van der Waals surface area contributed by atoms with Crippen LogP contribution < -0.4 is 10.2 Å². The second-order valence-corrected chi connectivity index (χ2v) is 4.69. The Balaban J connectivity index is 2.36. The van der Waals surface area contributed by atoms with E-state index in [0.29, 0.717) is 11.7 Å². The van der Waals surface area contributed by atoms with Crippen LogP contribution >= 0.6 is 11.6 Å². The van der Waals surface area contributed by atoms with Gasteiger partial charge in [-0.25, -0.2) is 4.98 Å². The van der Waals surface area contributed by atoms with Gasteiger partial charge in [0.2, 0.25) is 5.91 Å². The summed E-state index contributed by atoms with van der Waals surface area (Å²) < 4.78 is 0. The Morgan fingerprint density at radius 2 is 2.31 bits per heavy atom. The van der Waals surface area contributed by atoms with E-state index in [9.17, 15) is 4.79 Å². The minimum Gasteiger partial charge on any atom is -0.356 e. The third-order valence-electron chi connectivity index (χ3n) is 2.87. The number of carbonyl (C=O) groups excluding carboxylic acids is 1. The fourth-order valence-corrected chi connectivity index (χ4v) is 2.08. The van der Waals surface area contributed by atoms with Crippen molar-refractivity contribution in [2.75, 3.05) is 18.0 Å². The quantitative estimate of drug-likeness (QED) is 0.755. The molecule has 5 heteroatoms. The molecule has 16 heavy (non-hydrogen) atoms. The van der Waals surface area contributed by atoms with Crippen molar-refractivity contribution in [3.63, 3.8) is 0 Å². The van der Waals surface area contributed by atoms with Gasteiger partial charge in [-0.2, -0.15) is 0 Å². The number of anilines is 1. The highest BCUT2D eigenvalue weighted by Gasteiger charge is 2.37. The molecule has 1 N–H and O–H groups in total. The molecule has 0 atom stereocenters. The molecule has 0 spiro atoms. The molecule has 4 nitrogen and oxygen atoms in total. The van der Waals surface area contributed by atoms with Crippen molar-refractivity contribution in [1.82, 2.24) is 10.3 Å². The van der Waals surface area contributed by atoms with E-state index in [1.54, 1.807) is 12.3 Å². The van der Waals surface area contributed by atoms with E-state index >= 15 is 0 Å². The van der Waals surface area contributed by atoms with Crippen LogP contribution in [0.1, 0.15) is 13.8 Å². The van der Waals surface area contributed by atoms with Crippen LogP contribution in [-0.4, -0.2) is 29.5 Å². The topological polar surface area (TPSA) is 45.2 Å². The van der Waals surface area contributed by atoms with Crippen LogP contribution in [0, 0.1) is 0 Å². The molecular weight excluding hydrogens is 226 g/mol. The number of nitrogens with one attached hydrogen (secondary N) is 1. The molecule has 0 unspecified atom stereocenters. The highest BCUT2D eigenvalue weighted by atomic mass is 35.5. The summed E-state index contributed by atoms with van der Waals surface area (Å²) in [7, 11) is 0. The summed E-state index contributed by atoms with van der Waals surface area (Å²) in [5, 5.41) is 3.30. The van der Waals surface area contributed by atoms with Gasteiger partial charge in [0.25, 0.3) is 0 Å². The maximum absolute atomic E-state index is 11.8. The predicted molar refractivity (Wildman–Crippen MR) is 63.7 cm³/mol. The largest absolute Gasteiger partial charge is 0.356 e. The van der Waals surface area contributed by atoms with E-state index in [0.717, 1.165) is 12.2 Å². The third-order valence-corrected chi connectivity index (χ3v) is 3.08. The van der Waals surface area contributed by atoms with Crippen molar-refractivity contribution in [3.8, 4) is 0 Å². The third kappa shape index (κ3) is 1.85. The van der Waals surface area contributed by atoms with Gasteiger partial charge in [-0.15, -0.1) is 0 Å². The van der Waals surface area contributed by atoms with Gasteiger partial charge in [0.05, 0.1) is 0 Å². The molecule has 1 aromatic rings. The first-order valence-electron chi connectivity index (χ1n) is 5.19. The first-order chi connectivity index (χ1) is 7.51. The predicted octanol–water partition coefficient (Wildman–Crippen LogP) is 1.45. The zero-order valence-corrected chi connectivity index (χ0v) is 10.1. The number of halogens is 1. The van der Waals surface area contributed by atoms with Crippen LogP contribution in [0.3, 0.4) is 0 Å². The van der Waals surface area contributed by atoms with E-state index in [4.69, 9.17) is 11.6 Å². The van der Waals surface area contributed by atoms with Crippen LogP contribution in [0.2, 0.25) is 5.15 Å². The molecule has 0 aliphatic carbocycles. The average molecular weight is 240 g/mol. The lowest BCUT2D eigenvalue weighted by Gasteiger charge is -2.42. The van der Waals surface area contributed by atoms with E-state index in [1.165, 1.54) is 0 Å². The summed E-state index contributed by atoms with van der Waals surface area (Å²) in [5.41, 5.74) is 0.378. The Morgan fingerprint density at radius 3 is 3.00 bits per heavy atom. The zero-order valence-electron chi connectivity index (χ0n) is 9.33. The first-order valence-corrected chi connectivity index (χ1v) is 5.57. The highest BCUT2D eigenvalue weighted by Crippen LogP contribution is 2.26. The van der Waals surface area contributed by atoms with E-state index < -0.39 is 5.54 Å². The number of pyridine rings is 1. The second-order valence-electron chi connectivity index (χ2n) is 4.30. The lowest BCUT2D eigenvalue weighted by molar-refractivity contribution is -0.126. The molecule has 1 aromatic heterocycles. The Kier molecular flexibility index (Phi) is 2.76. The number of piperazine rings is 1. The molecule has 1 saturated heterocycles. The van der Waals surface area contributed by atoms with Gasteiger partial charge in [0, 0.05) is 25.0 Å². The summed E-state index contributed by atoms with van der Waals surface area (Å²) in [6.45, 7) is 5.23. The first kappa shape index (κ1) is 11.2. The van der Waals surface area contributed by atoms with Crippen molar-refractivity contribution >= 4 is 23.2 Å². The molecular formula is C11H14ClN3O. The number of carbonyl (C=O) groups is 1. The summed E-state index contributed by atoms with van der Waals surface area (Å²) in [6.07, 6.45) is 1.65. The molecule has 2 heterocycles. The van der Waals surface area contributed by atoms with E-state index in [-0.39, 0.29) is 5.91 Å². The monoisotopic (exact) mass is 239 g/mol. The average Bonchev–Trinajstić information content (AvgIpc) is 2.22. The minimum atomic E-state index is -0.553. The van der Waals surface area contributed by atoms with Crippen molar-refractivity contribution in [2.45, 2.75) is 19.4 Å². The lowest BCUT2D eigenvalue weighted by Crippen LogP contribution is -2.62. The van der Waals surface area contributed by atoms with Crippen LogP contribution in [0.5, 0.6) is 0 Å². The molecule has 0 bridgehead atoms. The van der Waals surface area contributed by atoms with Gasteiger partial charge < -0.3 is 10.2 Å². The molecule has 86 valence electrons. The molecule has 1 amide bonds. The summed E-state index contributed by atoms with van der Waals surface area (Å²) in [4.78, 5) is 17.8. The minimum absolute atomic E-state index is 0.0340.